The molecule has 1 aliphatic heterocycles. The van der Waals surface area contributed by atoms with E-state index in [0.717, 1.165) is 0 Å². The molecule has 64 valence electrons. The van der Waals surface area contributed by atoms with Crippen molar-refractivity contribution < 1.29 is 5.11 Å². The lowest BCUT2D eigenvalue weighted by Crippen LogP contribution is -2.64. The molecule has 0 aromatic heterocycles. The van der Waals surface area contributed by atoms with Gasteiger partial charge in [0.15, 0.2) is 0 Å². The first kappa shape index (κ1) is 8.90. The fourth-order valence-corrected chi connectivity index (χ4v) is 1.43. The first-order chi connectivity index (χ1) is 4.92. The van der Waals surface area contributed by atoms with Crippen LogP contribution in [-0.4, -0.2) is 39.7 Å². The Morgan fingerprint density at radius 2 is 2.18 bits per heavy atom. The molecular weight excluding hydrogens is 160 g/mol. The lowest BCUT2D eigenvalue weighted by Gasteiger charge is -2.47. The highest BCUT2D eigenvalue weighted by molar-refractivity contribution is 7.80. The van der Waals surface area contributed by atoms with Crippen molar-refractivity contribution in [3.8, 4) is 0 Å². The molecule has 1 rings (SSSR count). The van der Waals surface area contributed by atoms with Crippen LogP contribution in [0.25, 0.3) is 0 Å². The van der Waals surface area contributed by atoms with Crippen molar-refractivity contribution in [3.63, 3.8) is 0 Å². The molecule has 1 aliphatic rings. The first-order valence-electron chi connectivity index (χ1n) is 3.68. The molecule has 0 saturated carbocycles. The zero-order valence-corrected chi connectivity index (χ0v) is 7.69. The summed E-state index contributed by atoms with van der Waals surface area (Å²) < 4.78 is 0. The van der Waals surface area contributed by atoms with Crippen LogP contribution in [0.4, 0.5) is 0 Å². The van der Waals surface area contributed by atoms with E-state index in [1.807, 2.05) is 13.8 Å². The third-order valence-electron chi connectivity index (χ3n) is 2.05. The van der Waals surface area contributed by atoms with E-state index in [-0.39, 0.29) is 6.04 Å². The van der Waals surface area contributed by atoms with Gasteiger partial charge in [-0.1, -0.05) is 12.2 Å². The van der Waals surface area contributed by atoms with Gasteiger partial charge in [-0.15, -0.1) is 0 Å². The number of nitrogens with two attached hydrogens (primary N) is 1. The van der Waals surface area contributed by atoms with Gasteiger partial charge in [0.1, 0.15) is 0 Å². The van der Waals surface area contributed by atoms with Gasteiger partial charge >= 0.3 is 0 Å². The minimum Gasteiger partial charge on any atom is -0.392 e. The molecule has 0 spiro atoms. The van der Waals surface area contributed by atoms with Crippen LogP contribution < -0.4 is 5.73 Å². The fraction of sp³-hybridized carbons (Fsp3) is 0.857. The highest BCUT2D eigenvalue weighted by Crippen LogP contribution is 2.21. The largest absolute Gasteiger partial charge is 0.392 e. The average Bonchev–Trinajstić information content (AvgIpc) is 1.80. The third kappa shape index (κ3) is 1.89. The van der Waals surface area contributed by atoms with E-state index in [1.54, 1.807) is 0 Å². The molecule has 0 amide bonds. The molecule has 1 saturated heterocycles. The molecule has 0 aromatic rings. The second kappa shape index (κ2) is 2.69. The number of rotatable bonds is 2. The maximum Gasteiger partial charge on any atom is 0.0899 e. The number of likely N-dealkylation sites (tertiary alicyclic amines) is 1. The van der Waals surface area contributed by atoms with Crippen LogP contribution in [0, 0.1) is 0 Å². The maximum atomic E-state index is 9.39. The molecule has 1 unspecified atom stereocenters. The summed E-state index contributed by atoms with van der Waals surface area (Å²) in [5.41, 5.74) is 4.91. The predicted octanol–water partition coefficient (Wildman–Crippen LogP) is -0.272. The van der Waals surface area contributed by atoms with E-state index in [1.165, 1.54) is 0 Å². The van der Waals surface area contributed by atoms with E-state index < -0.39 is 5.60 Å². The summed E-state index contributed by atoms with van der Waals surface area (Å²) in [6, 6.07) is 0.116. The molecule has 1 heterocycles. The topological polar surface area (TPSA) is 49.5 Å². The second-order valence-corrected chi connectivity index (χ2v) is 3.95. The average molecular weight is 174 g/mol. The summed E-state index contributed by atoms with van der Waals surface area (Å²) in [6.07, 6.45) is 0. The van der Waals surface area contributed by atoms with Gasteiger partial charge in [0.05, 0.1) is 16.6 Å². The summed E-state index contributed by atoms with van der Waals surface area (Å²) in [5.74, 6) is 0. The standard InChI is InChI=1S/C7H14N2OS/c1-5(6(8)11)9-3-7(2,10)4-9/h5,10H,3-4H2,1-2H3,(H2,8,11). The lowest BCUT2D eigenvalue weighted by atomic mass is 9.95. The third-order valence-corrected chi connectivity index (χ3v) is 2.39. The molecule has 0 aromatic carbocycles. The second-order valence-electron chi connectivity index (χ2n) is 3.48. The van der Waals surface area contributed by atoms with Crippen LogP contribution in [0.3, 0.4) is 0 Å². The Labute approximate surface area is 72.2 Å². The summed E-state index contributed by atoms with van der Waals surface area (Å²) in [6.45, 7) is 5.12. The van der Waals surface area contributed by atoms with Crippen molar-refractivity contribution in [1.82, 2.24) is 4.90 Å². The molecule has 1 atom stereocenters. The Hall–Kier alpha value is -0.190. The molecular formula is C7H14N2OS. The maximum absolute atomic E-state index is 9.39. The summed E-state index contributed by atoms with van der Waals surface area (Å²) in [5, 5.41) is 9.39. The van der Waals surface area contributed by atoms with Gasteiger partial charge in [-0.3, -0.25) is 4.90 Å². The lowest BCUT2D eigenvalue weighted by molar-refractivity contribution is -0.0889. The fourth-order valence-electron chi connectivity index (χ4n) is 1.28. The van der Waals surface area contributed by atoms with Crippen molar-refractivity contribution in [2.45, 2.75) is 25.5 Å². The van der Waals surface area contributed by atoms with Crippen LogP contribution in [0.1, 0.15) is 13.8 Å². The molecule has 4 heteroatoms. The molecule has 3 N–H and O–H groups in total. The van der Waals surface area contributed by atoms with Crippen LogP contribution >= 0.6 is 12.2 Å². The Morgan fingerprint density at radius 3 is 2.45 bits per heavy atom. The number of aliphatic hydroxyl groups is 1. The van der Waals surface area contributed by atoms with Crippen LogP contribution in [0.15, 0.2) is 0 Å². The zero-order valence-electron chi connectivity index (χ0n) is 6.87. The van der Waals surface area contributed by atoms with Crippen molar-refractivity contribution in [2.24, 2.45) is 5.73 Å². The van der Waals surface area contributed by atoms with E-state index >= 15 is 0 Å². The Bertz CT molecular complexity index is 173. The van der Waals surface area contributed by atoms with Crippen molar-refractivity contribution in [2.75, 3.05) is 13.1 Å². The molecule has 3 nitrogen and oxygen atoms in total. The summed E-state index contributed by atoms with van der Waals surface area (Å²) >= 11 is 4.82. The molecule has 11 heavy (non-hydrogen) atoms. The predicted molar refractivity (Wildman–Crippen MR) is 48.4 cm³/mol. The smallest absolute Gasteiger partial charge is 0.0899 e. The van der Waals surface area contributed by atoms with Crippen LogP contribution in [0.5, 0.6) is 0 Å². The van der Waals surface area contributed by atoms with Gasteiger partial charge in [-0.05, 0) is 13.8 Å². The van der Waals surface area contributed by atoms with Gasteiger partial charge in [0.25, 0.3) is 0 Å². The van der Waals surface area contributed by atoms with Crippen LogP contribution in [0.2, 0.25) is 0 Å². The van der Waals surface area contributed by atoms with Gasteiger partial charge in [-0.2, -0.15) is 0 Å². The molecule has 0 radical (unpaired) electrons. The van der Waals surface area contributed by atoms with Crippen molar-refractivity contribution in [3.05, 3.63) is 0 Å². The molecule has 0 bridgehead atoms. The normalized spacial score (nSPS) is 25.7. The minimum absolute atomic E-state index is 0.116. The molecule has 1 fully saturated rings. The number of thiocarbonyl (C=S) groups is 1. The number of nitrogens with zero attached hydrogens (tertiary/aromatic N) is 1. The Balaban J connectivity index is 2.38. The van der Waals surface area contributed by atoms with E-state index in [9.17, 15) is 5.11 Å². The van der Waals surface area contributed by atoms with E-state index in [4.69, 9.17) is 18.0 Å². The first-order valence-corrected chi connectivity index (χ1v) is 4.09. The van der Waals surface area contributed by atoms with Gasteiger partial charge in [0.2, 0.25) is 0 Å². The quantitative estimate of drug-likeness (QED) is 0.566. The monoisotopic (exact) mass is 174 g/mol. The Morgan fingerprint density at radius 1 is 1.73 bits per heavy atom. The summed E-state index contributed by atoms with van der Waals surface area (Å²) in [4.78, 5) is 2.56. The number of hydrogen-bond acceptors (Lipinski definition) is 3. The van der Waals surface area contributed by atoms with Crippen LogP contribution in [-0.2, 0) is 0 Å². The SMILES string of the molecule is CC(C(N)=S)N1CC(C)(O)C1. The molecule has 0 aliphatic carbocycles. The van der Waals surface area contributed by atoms with E-state index in [0.29, 0.717) is 18.1 Å². The number of hydrogen-bond donors (Lipinski definition) is 2. The van der Waals surface area contributed by atoms with Gasteiger partial charge in [-0.25, -0.2) is 0 Å². The van der Waals surface area contributed by atoms with E-state index in [2.05, 4.69) is 4.90 Å². The van der Waals surface area contributed by atoms with Crippen molar-refractivity contribution >= 4 is 17.2 Å². The highest BCUT2D eigenvalue weighted by Gasteiger charge is 2.39. The zero-order chi connectivity index (χ0) is 8.65. The van der Waals surface area contributed by atoms with Gasteiger partial charge in [0, 0.05) is 13.1 Å². The van der Waals surface area contributed by atoms with Crippen molar-refractivity contribution in [1.29, 1.82) is 0 Å². The summed E-state index contributed by atoms with van der Waals surface area (Å²) in [7, 11) is 0. The highest BCUT2D eigenvalue weighted by atomic mass is 32.1. The minimum atomic E-state index is -0.529. The van der Waals surface area contributed by atoms with Gasteiger partial charge < -0.3 is 10.8 Å². The Kier molecular flexibility index (Phi) is 2.18. The number of β-amino-alcohol motifs (C(OH)–C–C–N with tert-alkyl or cyclic N) is 1.